The minimum atomic E-state index is -0.427. The molecule has 4 rings (SSSR count). The lowest BCUT2D eigenvalue weighted by atomic mass is 10.2. The van der Waals surface area contributed by atoms with E-state index in [1.54, 1.807) is 50.4 Å². The average Bonchev–Trinajstić information content (AvgIpc) is 3.20. The van der Waals surface area contributed by atoms with Gasteiger partial charge in [0.1, 0.15) is 23.1 Å². The minimum absolute atomic E-state index is 0.0211. The highest BCUT2D eigenvalue weighted by Gasteiger charge is 2.11. The van der Waals surface area contributed by atoms with Gasteiger partial charge in [0, 0.05) is 17.4 Å². The Bertz CT molecular complexity index is 1260. The third kappa shape index (κ3) is 6.00. The van der Waals surface area contributed by atoms with Crippen LogP contribution in [0.5, 0.6) is 17.5 Å². The number of carbonyl (C=O) groups excluding carboxylic acids is 1. The van der Waals surface area contributed by atoms with Crippen LogP contribution in [0.1, 0.15) is 11.5 Å². The normalized spacial score (nSPS) is 10.5. The number of nitrogens with zero attached hydrogens (tertiary/aromatic N) is 4. The summed E-state index contributed by atoms with van der Waals surface area (Å²) in [4.78, 5) is 24.9. The molecular weight excluding hydrogens is 429 g/mol. The van der Waals surface area contributed by atoms with E-state index in [2.05, 4.69) is 35.8 Å². The zero-order valence-corrected chi connectivity index (χ0v) is 17.8. The highest BCUT2D eigenvalue weighted by atomic mass is 19.1. The van der Waals surface area contributed by atoms with Gasteiger partial charge in [0.2, 0.25) is 11.9 Å². The lowest BCUT2D eigenvalue weighted by Gasteiger charge is -2.07. The largest absolute Gasteiger partial charge is 0.497 e. The van der Waals surface area contributed by atoms with E-state index in [0.717, 1.165) is 0 Å². The first-order valence-corrected chi connectivity index (χ1v) is 9.88. The minimum Gasteiger partial charge on any atom is -0.497 e. The molecule has 0 spiro atoms. The van der Waals surface area contributed by atoms with Crippen molar-refractivity contribution in [2.75, 3.05) is 17.7 Å². The maximum absolute atomic E-state index is 13.3. The first-order chi connectivity index (χ1) is 16.0. The number of hydrogen-bond acceptors (Lipinski definition) is 8. The second kappa shape index (κ2) is 9.73. The number of aromatic nitrogens is 5. The standard InChI is InChI=1S/C22H20FN7O3/c1-13-24-21(28-22(25-13)33-18-8-6-17(32-2)7-9-18)27-19-11-16(29-30-19)12-20(31)26-15-5-3-4-14(23)10-15/h3-11H,12H2,1-2H3,(H,26,31)(H2,24,25,27,28,29,30). The molecule has 0 bridgehead atoms. The average molecular weight is 449 g/mol. The Morgan fingerprint density at radius 1 is 1.06 bits per heavy atom. The van der Waals surface area contributed by atoms with Gasteiger partial charge in [0.05, 0.1) is 13.5 Å². The van der Waals surface area contributed by atoms with Crippen molar-refractivity contribution < 1.29 is 18.7 Å². The summed E-state index contributed by atoms with van der Waals surface area (Å²) < 4.78 is 24.1. The van der Waals surface area contributed by atoms with Crippen LogP contribution in [-0.2, 0) is 11.2 Å². The third-order valence-corrected chi connectivity index (χ3v) is 4.33. The molecule has 0 aliphatic carbocycles. The molecule has 4 aromatic rings. The molecule has 0 fully saturated rings. The maximum Gasteiger partial charge on any atom is 0.327 e. The first kappa shape index (κ1) is 21.7. The smallest absolute Gasteiger partial charge is 0.327 e. The second-order valence-corrected chi connectivity index (χ2v) is 6.91. The third-order valence-electron chi connectivity index (χ3n) is 4.33. The number of rotatable bonds is 8. The summed E-state index contributed by atoms with van der Waals surface area (Å²) in [5.41, 5.74) is 0.926. The van der Waals surface area contributed by atoms with Crippen LogP contribution in [0.4, 0.5) is 21.8 Å². The van der Waals surface area contributed by atoms with E-state index in [9.17, 15) is 9.18 Å². The van der Waals surface area contributed by atoms with E-state index in [1.165, 1.54) is 18.2 Å². The summed E-state index contributed by atoms with van der Waals surface area (Å²) in [7, 11) is 1.58. The molecule has 0 radical (unpaired) electrons. The summed E-state index contributed by atoms with van der Waals surface area (Å²) in [6, 6.07) is 14.4. The Morgan fingerprint density at radius 2 is 1.85 bits per heavy atom. The number of H-pyrrole nitrogens is 1. The summed E-state index contributed by atoms with van der Waals surface area (Å²) in [5.74, 6) is 1.58. The highest BCUT2D eigenvalue weighted by molar-refractivity contribution is 5.92. The van der Waals surface area contributed by atoms with Crippen LogP contribution in [0.2, 0.25) is 0 Å². The fourth-order valence-electron chi connectivity index (χ4n) is 2.88. The monoisotopic (exact) mass is 449 g/mol. The van der Waals surface area contributed by atoms with Gasteiger partial charge in [-0.25, -0.2) is 4.39 Å². The van der Waals surface area contributed by atoms with Gasteiger partial charge in [-0.3, -0.25) is 9.89 Å². The van der Waals surface area contributed by atoms with Crippen molar-refractivity contribution in [3.63, 3.8) is 0 Å². The number of nitrogens with one attached hydrogen (secondary N) is 3. The number of hydrogen-bond donors (Lipinski definition) is 3. The van der Waals surface area contributed by atoms with Crippen LogP contribution in [0, 0.1) is 12.7 Å². The molecular formula is C22H20FN7O3. The Labute approximate surface area is 188 Å². The van der Waals surface area contributed by atoms with Crippen molar-refractivity contribution in [2.24, 2.45) is 0 Å². The van der Waals surface area contributed by atoms with Crippen LogP contribution in [0.15, 0.2) is 54.6 Å². The molecule has 2 aromatic carbocycles. The Hall–Kier alpha value is -4.54. The number of methoxy groups -OCH3 is 1. The fourth-order valence-corrected chi connectivity index (χ4v) is 2.88. The number of anilines is 3. The fraction of sp³-hybridized carbons (Fsp3) is 0.136. The molecule has 3 N–H and O–H groups in total. The van der Waals surface area contributed by atoms with E-state index in [-0.39, 0.29) is 24.3 Å². The first-order valence-electron chi connectivity index (χ1n) is 9.88. The Kier molecular flexibility index (Phi) is 6.39. The van der Waals surface area contributed by atoms with Crippen molar-refractivity contribution in [1.29, 1.82) is 0 Å². The summed E-state index contributed by atoms with van der Waals surface area (Å²) in [6.45, 7) is 1.71. The van der Waals surface area contributed by atoms with E-state index in [1.807, 2.05) is 0 Å². The van der Waals surface area contributed by atoms with Crippen molar-refractivity contribution in [2.45, 2.75) is 13.3 Å². The molecule has 1 amide bonds. The zero-order chi connectivity index (χ0) is 23.2. The van der Waals surface area contributed by atoms with Gasteiger partial charge in [-0.15, -0.1) is 0 Å². The number of aromatic amines is 1. The number of halogens is 1. The van der Waals surface area contributed by atoms with Crippen LogP contribution in [-0.4, -0.2) is 38.2 Å². The molecule has 10 nitrogen and oxygen atoms in total. The topological polar surface area (TPSA) is 127 Å². The molecule has 33 heavy (non-hydrogen) atoms. The van der Waals surface area contributed by atoms with Crippen molar-refractivity contribution >= 4 is 23.4 Å². The molecule has 0 saturated carbocycles. The number of amides is 1. The number of aryl methyl sites for hydroxylation is 1. The molecule has 0 atom stereocenters. The van der Waals surface area contributed by atoms with Crippen LogP contribution < -0.4 is 20.1 Å². The van der Waals surface area contributed by atoms with E-state index in [0.29, 0.717) is 34.5 Å². The Morgan fingerprint density at radius 3 is 2.61 bits per heavy atom. The highest BCUT2D eigenvalue weighted by Crippen LogP contribution is 2.22. The lowest BCUT2D eigenvalue weighted by Crippen LogP contribution is -2.14. The summed E-state index contributed by atoms with van der Waals surface area (Å²) in [6.07, 6.45) is 0.0211. The van der Waals surface area contributed by atoms with Gasteiger partial charge in [0.15, 0.2) is 5.82 Å². The van der Waals surface area contributed by atoms with Crippen LogP contribution in [0.3, 0.4) is 0 Å². The van der Waals surface area contributed by atoms with Crippen molar-refractivity contribution in [3.05, 3.63) is 71.9 Å². The molecule has 0 aliphatic heterocycles. The van der Waals surface area contributed by atoms with E-state index < -0.39 is 5.82 Å². The zero-order valence-electron chi connectivity index (χ0n) is 17.8. The molecule has 11 heteroatoms. The van der Waals surface area contributed by atoms with E-state index in [4.69, 9.17) is 9.47 Å². The lowest BCUT2D eigenvalue weighted by molar-refractivity contribution is -0.115. The summed E-state index contributed by atoms with van der Waals surface area (Å²) in [5, 5.41) is 12.5. The van der Waals surface area contributed by atoms with Gasteiger partial charge in [-0.05, 0) is 49.4 Å². The molecule has 2 heterocycles. The van der Waals surface area contributed by atoms with Crippen molar-refractivity contribution in [1.82, 2.24) is 25.1 Å². The predicted octanol–water partition coefficient (Wildman–Crippen LogP) is 3.77. The van der Waals surface area contributed by atoms with Crippen LogP contribution in [0.25, 0.3) is 0 Å². The van der Waals surface area contributed by atoms with Crippen LogP contribution >= 0.6 is 0 Å². The number of benzene rings is 2. The Balaban J connectivity index is 1.39. The summed E-state index contributed by atoms with van der Waals surface area (Å²) >= 11 is 0. The number of carbonyl (C=O) groups is 1. The van der Waals surface area contributed by atoms with Crippen molar-refractivity contribution in [3.8, 4) is 17.5 Å². The van der Waals surface area contributed by atoms with Gasteiger partial charge >= 0.3 is 6.01 Å². The quantitative estimate of drug-likeness (QED) is 0.371. The van der Waals surface area contributed by atoms with Gasteiger partial charge < -0.3 is 20.1 Å². The predicted molar refractivity (Wildman–Crippen MR) is 118 cm³/mol. The number of ether oxygens (including phenoxy) is 2. The maximum atomic E-state index is 13.3. The second-order valence-electron chi connectivity index (χ2n) is 6.91. The molecule has 0 saturated heterocycles. The van der Waals surface area contributed by atoms with Gasteiger partial charge in [0.25, 0.3) is 0 Å². The molecule has 0 aliphatic rings. The van der Waals surface area contributed by atoms with Gasteiger partial charge in [-0.1, -0.05) is 6.07 Å². The van der Waals surface area contributed by atoms with Gasteiger partial charge in [-0.2, -0.15) is 20.1 Å². The SMILES string of the molecule is COc1ccc(Oc2nc(C)nc(Nc3cc(CC(=O)Nc4cccc(F)c4)[nH]n3)n2)cc1. The molecule has 0 unspecified atom stereocenters. The van der Waals surface area contributed by atoms with E-state index >= 15 is 0 Å². The molecule has 2 aromatic heterocycles. The molecule has 168 valence electrons.